The van der Waals surface area contributed by atoms with E-state index in [9.17, 15) is 24.0 Å². The van der Waals surface area contributed by atoms with E-state index >= 15 is 0 Å². The average molecular weight is 533 g/mol. The van der Waals surface area contributed by atoms with Gasteiger partial charge in [-0.2, -0.15) is 0 Å². The van der Waals surface area contributed by atoms with Crippen molar-refractivity contribution < 1.29 is 28.7 Å². The number of ketones is 1. The highest BCUT2D eigenvalue weighted by Crippen LogP contribution is 2.65. The Hall–Kier alpha value is -2.91. The number of rotatable bonds is 11. The van der Waals surface area contributed by atoms with Crippen LogP contribution in [-0.2, 0) is 23.9 Å². The molecule has 3 aliphatic rings. The molecule has 38 heavy (non-hydrogen) atoms. The average Bonchev–Trinajstić information content (AvgIpc) is 3.68. The number of hydrogen-bond donors (Lipinski definition) is 2. The molecule has 0 spiro atoms. The predicted octanol–water partition coefficient (Wildman–Crippen LogP) is 2.27. The summed E-state index contributed by atoms with van der Waals surface area (Å²) < 4.78 is 5.52. The van der Waals surface area contributed by atoms with E-state index in [0.717, 1.165) is 12.8 Å². The summed E-state index contributed by atoms with van der Waals surface area (Å²) in [6.07, 6.45) is 3.42. The molecule has 2 N–H and O–H groups in total. The van der Waals surface area contributed by atoms with Crippen molar-refractivity contribution in [2.75, 3.05) is 20.1 Å². The second-order valence-electron chi connectivity index (χ2n) is 12.5. The molecule has 1 saturated heterocycles. The van der Waals surface area contributed by atoms with E-state index in [2.05, 4.69) is 31.1 Å². The molecule has 212 valence electrons. The Morgan fingerprint density at radius 1 is 1.18 bits per heavy atom. The zero-order chi connectivity index (χ0) is 28.6. The quantitative estimate of drug-likeness (QED) is 0.311. The van der Waals surface area contributed by atoms with Gasteiger partial charge in [-0.15, -0.1) is 6.58 Å². The largest absolute Gasteiger partial charge is 0.444 e. The Morgan fingerprint density at radius 2 is 1.82 bits per heavy atom. The van der Waals surface area contributed by atoms with Crippen LogP contribution < -0.4 is 10.6 Å². The standard InChI is InChI=1S/C28H44N4O6/c1-9-11-18(22(33)24(35)29-14-10-2)30-23(34)21-19-17(28(19,6)7)15-32(21)25(36)20(16-12-13-16)31(8)26(37)38-27(3,4)5/h10,16-21H,2,9,11-15H2,1,3-8H3,(H,29,35)(H,30,34)/t17-,18?,19-,20-,21-/m0/s1. The summed E-state index contributed by atoms with van der Waals surface area (Å²) in [5.41, 5.74) is -0.834. The molecule has 3 rings (SSSR count). The molecule has 0 aromatic rings. The van der Waals surface area contributed by atoms with Gasteiger partial charge in [0.05, 0.1) is 6.04 Å². The van der Waals surface area contributed by atoms with Crippen LogP contribution in [-0.4, -0.2) is 83.3 Å². The van der Waals surface area contributed by atoms with Crippen molar-refractivity contribution in [3.8, 4) is 0 Å². The number of Topliss-reactive ketones (excluding diaryl/α,β-unsaturated/α-hetero) is 1. The van der Waals surface area contributed by atoms with Crippen LogP contribution >= 0.6 is 0 Å². The predicted molar refractivity (Wildman–Crippen MR) is 142 cm³/mol. The van der Waals surface area contributed by atoms with Gasteiger partial charge >= 0.3 is 6.09 Å². The fourth-order valence-corrected chi connectivity index (χ4v) is 5.75. The summed E-state index contributed by atoms with van der Waals surface area (Å²) in [7, 11) is 1.57. The maximum absolute atomic E-state index is 14.0. The monoisotopic (exact) mass is 532 g/mol. The Kier molecular flexibility index (Phi) is 8.63. The second kappa shape index (κ2) is 11.1. The smallest absolute Gasteiger partial charge is 0.410 e. The van der Waals surface area contributed by atoms with Crippen molar-refractivity contribution in [2.45, 2.75) is 91.0 Å². The Balaban J connectivity index is 1.81. The third-order valence-corrected chi connectivity index (χ3v) is 8.02. The van der Waals surface area contributed by atoms with E-state index in [4.69, 9.17) is 4.74 Å². The molecule has 1 heterocycles. The summed E-state index contributed by atoms with van der Waals surface area (Å²) in [6, 6.07) is -2.49. The number of likely N-dealkylation sites (N-methyl/N-ethyl adjacent to an activating group) is 1. The van der Waals surface area contributed by atoms with E-state index in [0.29, 0.717) is 19.4 Å². The molecule has 0 bridgehead atoms. The van der Waals surface area contributed by atoms with Crippen LogP contribution in [0, 0.1) is 23.2 Å². The first-order chi connectivity index (χ1) is 17.7. The number of ether oxygens (including phenoxy) is 1. The van der Waals surface area contributed by atoms with E-state index in [1.54, 1.807) is 32.7 Å². The molecule has 1 aliphatic heterocycles. The normalized spacial score (nSPS) is 24.9. The van der Waals surface area contributed by atoms with Gasteiger partial charge in [0.1, 0.15) is 17.7 Å². The Labute approximate surface area is 225 Å². The van der Waals surface area contributed by atoms with Gasteiger partial charge in [0.25, 0.3) is 5.91 Å². The maximum atomic E-state index is 14.0. The van der Waals surface area contributed by atoms with Crippen molar-refractivity contribution in [3.05, 3.63) is 12.7 Å². The fraction of sp³-hybridized carbons (Fsp3) is 0.750. The van der Waals surface area contributed by atoms with Crippen LogP contribution in [0.2, 0.25) is 0 Å². The van der Waals surface area contributed by atoms with Crippen LogP contribution in [0.5, 0.6) is 0 Å². The minimum atomic E-state index is -0.987. The van der Waals surface area contributed by atoms with Crippen molar-refractivity contribution in [3.63, 3.8) is 0 Å². The molecule has 4 amide bonds. The highest BCUT2D eigenvalue weighted by atomic mass is 16.6. The molecule has 0 aromatic carbocycles. The van der Waals surface area contributed by atoms with Crippen molar-refractivity contribution in [1.29, 1.82) is 0 Å². The lowest BCUT2D eigenvalue weighted by molar-refractivity contribution is -0.146. The number of nitrogens with one attached hydrogen (secondary N) is 2. The van der Waals surface area contributed by atoms with Gasteiger partial charge in [0.2, 0.25) is 17.6 Å². The molecule has 2 saturated carbocycles. The van der Waals surface area contributed by atoms with Crippen molar-refractivity contribution in [1.82, 2.24) is 20.4 Å². The highest BCUT2D eigenvalue weighted by Gasteiger charge is 2.70. The third-order valence-electron chi connectivity index (χ3n) is 8.02. The topological polar surface area (TPSA) is 125 Å². The Bertz CT molecular complexity index is 982. The minimum absolute atomic E-state index is 0.0108. The number of nitrogens with zero attached hydrogens (tertiary/aromatic N) is 2. The van der Waals surface area contributed by atoms with Gasteiger partial charge in [-0.05, 0) is 63.2 Å². The van der Waals surface area contributed by atoms with Gasteiger partial charge in [0.15, 0.2) is 0 Å². The highest BCUT2D eigenvalue weighted by molar-refractivity contribution is 6.38. The van der Waals surface area contributed by atoms with Crippen molar-refractivity contribution in [2.24, 2.45) is 23.2 Å². The summed E-state index contributed by atoms with van der Waals surface area (Å²) >= 11 is 0. The molecule has 1 unspecified atom stereocenters. The Morgan fingerprint density at radius 3 is 2.34 bits per heavy atom. The molecule has 3 fully saturated rings. The minimum Gasteiger partial charge on any atom is -0.444 e. The number of amides is 4. The summed E-state index contributed by atoms with van der Waals surface area (Å²) in [5, 5.41) is 5.26. The van der Waals surface area contributed by atoms with Crippen LogP contribution in [0.3, 0.4) is 0 Å². The first-order valence-corrected chi connectivity index (χ1v) is 13.6. The van der Waals surface area contributed by atoms with E-state index in [-0.39, 0.29) is 35.6 Å². The van der Waals surface area contributed by atoms with Crippen LogP contribution in [0.25, 0.3) is 0 Å². The number of carbonyl (C=O) groups is 5. The third kappa shape index (κ3) is 6.21. The van der Waals surface area contributed by atoms with Crippen LogP contribution in [0.4, 0.5) is 4.79 Å². The van der Waals surface area contributed by atoms with Gasteiger partial charge in [0, 0.05) is 20.1 Å². The molecule has 0 aromatic heterocycles. The summed E-state index contributed by atoms with van der Waals surface area (Å²) in [4.78, 5) is 68.6. The maximum Gasteiger partial charge on any atom is 0.410 e. The number of hydrogen-bond acceptors (Lipinski definition) is 6. The molecular weight excluding hydrogens is 488 g/mol. The second-order valence-corrected chi connectivity index (χ2v) is 12.5. The van der Waals surface area contributed by atoms with Gasteiger partial charge in [-0.3, -0.25) is 24.1 Å². The number of fused-ring (bicyclic) bond motifs is 1. The van der Waals surface area contributed by atoms with E-state index < -0.39 is 47.4 Å². The summed E-state index contributed by atoms with van der Waals surface area (Å²) in [5.74, 6) is -2.11. The first-order valence-electron chi connectivity index (χ1n) is 13.6. The fourth-order valence-electron chi connectivity index (χ4n) is 5.75. The summed E-state index contributed by atoms with van der Waals surface area (Å²) in [6.45, 7) is 15.4. The molecule has 2 aliphatic carbocycles. The number of piperidine rings is 1. The first kappa shape index (κ1) is 29.6. The number of likely N-dealkylation sites (tertiary alicyclic amines) is 1. The van der Waals surface area contributed by atoms with Gasteiger partial charge < -0.3 is 20.3 Å². The molecular formula is C28H44N4O6. The molecule has 10 nitrogen and oxygen atoms in total. The van der Waals surface area contributed by atoms with E-state index in [1.807, 2.05) is 6.92 Å². The zero-order valence-corrected chi connectivity index (χ0v) is 23.8. The zero-order valence-electron chi connectivity index (χ0n) is 23.8. The molecule has 0 radical (unpaired) electrons. The van der Waals surface area contributed by atoms with Crippen molar-refractivity contribution >= 4 is 29.6 Å². The van der Waals surface area contributed by atoms with Crippen LogP contribution in [0.15, 0.2) is 12.7 Å². The lowest BCUT2D eigenvalue weighted by Gasteiger charge is -2.36. The number of carbonyl (C=O) groups excluding carboxylic acids is 5. The molecule has 10 heteroatoms. The van der Waals surface area contributed by atoms with Gasteiger partial charge in [-0.25, -0.2) is 4.79 Å². The molecule has 5 atom stereocenters. The SMILES string of the molecule is C=CCNC(=O)C(=O)C(CCC)NC(=O)[C@@H]1[C@@H]2[C@H](CN1C(=O)[C@H](C1CC1)N(C)C(=O)OC(C)(C)C)C2(C)C. The lowest BCUT2D eigenvalue weighted by atomic mass is 9.98. The van der Waals surface area contributed by atoms with Gasteiger partial charge in [-0.1, -0.05) is 33.3 Å². The van der Waals surface area contributed by atoms with E-state index in [1.165, 1.54) is 11.0 Å². The van der Waals surface area contributed by atoms with Crippen LogP contribution in [0.1, 0.15) is 67.2 Å². The lowest BCUT2D eigenvalue weighted by Crippen LogP contribution is -2.59.